The Morgan fingerprint density at radius 2 is 1.72 bits per heavy atom. The number of nitrogens with one attached hydrogen (secondary N) is 1. The maximum Gasteiger partial charge on any atom is 0.338 e. The molecule has 1 fully saturated rings. The van der Waals surface area contributed by atoms with E-state index in [9.17, 15) is 19.7 Å². The predicted molar refractivity (Wildman–Crippen MR) is 107 cm³/mol. The van der Waals surface area contributed by atoms with E-state index in [1.165, 1.54) is 23.5 Å². The maximum atomic E-state index is 13.1. The molecule has 0 bridgehead atoms. The zero-order chi connectivity index (χ0) is 21.0. The molecule has 1 saturated carbocycles. The molecule has 0 aromatic heterocycles. The van der Waals surface area contributed by atoms with Gasteiger partial charge in [0, 0.05) is 24.9 Å². The van der Waals surface area contributed by atoms with Gasteiger partial charge < -0.3 is 15.0 Å². The molecule has 1 aliphatic carbocycles. The third-order valence-electron chi connectivity index (χ3n) is 5.74. The SMILES string of the molecule is CC1=C(C(=O)OC2CCCCCCC2)C(c2ccc([N+](=O)[O-])cc2)NC(=O)N1C. The summed E-state index contributed by atoms with van der Waals surface area (Å²) in [7, 11) is 1.60. The molecule has 156 valence electrons. The zero-order valence-corrected chi connectivity index (χ0v) is 16.8. The summed E-state index contributed by atoms with van der Waals surface area (Å²) in [5.41, 5.74) is 1.43. The summed E-state index contributed by atoms with van der Waals surface area (Å²) < 4.78 is 5.85. The Labute approximate surface area is 170 Å². The Balaban J connectivity index is 1.87. The highest BCUT2D eigenvalue weighted by Gasteiger charge is 2.36. The Morgan fingerprint density at radius 1 is 1.14 bits per heavy atom. The second-order valence-corrected chi connectivity index (χ2v) is 7.66. The summed E-state index contributed by atoms with van der Waals surface area (Å²) in [6.07, 6.45) is 7.19. The molecule has 0 saturated heterocycles. The fourth-order valence-electron chi connectivity index (χ4n) is 3.89. The number of carbonyl (C=O) groups excluding carboxylic acids is 2. The number of hydrogen-bond acceptors (Lipinski definition) is 5. The van der Waals surface area contributed by atoms with Crippen molar-refractivity contribution in [1.82, 2.24) is 10.2 Å². The molecule has 2 aliphatic rings. The van der Waals surface area contributed by atoms with Crippen LogP contribution < -0.4 is 5.32 Å². The Morgan fingerprint density at radius 3 is 2.31 bits per heavy atom. The molecule has 2 amide bonds. The zero-order valence-electron chi connectivity index (χ0n) is 16.8. The number of hydrogen-bond donors (Lipinski definition) is 1. The van der Waals surface area contributed by atoms with Crippen molar-refractivity contribution in [2.45, 2.75) is 64.0 Å². The average Bonchev–Trinajstić information content (AvgIpc) is 2.67. The number of rotatable bonds is 4. The van der Waals surface area contributed by atoms with Crippen molar-refractivity contribution in [2.75, 3.05) is 7.05 Å². The Bertz CT molecular complexity index is 810. The van der Waals surface area contributed by atoms with Crippen LogP contribution in [0, 0.1) is 10.1 Å². The minimum atomic E-state index is -0.708. The molecule has 1 unspecified atom stereocenters. The maximum absolute atomic E-state index is 13.1. The first-order chi connectivity index (χ1) is 13.9. The highest BCUT2D eigenvalue weighted by atomic mass is 16.6. The average molecular weight is 401 g/mol. The predicted octanol–water partition coefficient (Wildman–Crippen LogP) is 4.22. The summed E-state index contributed by atoms with van der Waals surface area (Å²) >= 11 is 0. The number of nitro benzene ring substituents is 1. The Hall–Kier alpha value is -2.90. The van der Waals surface area contributed by atoms with Crippen molar-refractivity contribution in [3.05, 3.63) is 51.2 Å². The monoisotopic (exact) mass is 401 g/mol. The molecule has 1 aromatic carbocycles. The van der Waals surface area contributed by atoms with Gasteiger partial charge in [0.25, 0.3) is 5.69 Å². The van der Waals surface area contributed by atoms with Crippen molar-refractivity contribution in [2.24, 2.45) is 0 Å². The van der Waals surface area contributed by atoms with E-state index in [0.717, 1.165) is 38.5 Å². The minimum Gasteiger partial charge on any atom is -0.459 e. The molecular weight excluding hydrogens is 374 g/mol. The second kappa shape index (κ2) is 9.07. The highest BCUT2D eigenvalue weighted by Crippen LogP contribution is 2.32. The van der Waals surface area contributed by atoms with Gasteiger partial charge in [-0.25, -0.2) is 9.59 Å². The number of benzene rings is 1. The molecule has 1 atom stereocenters. The lowest BCUT2D eigenvalue weighted by atomic mass is 9.94. The molecule has 3 rings (SSSR count). The highest BCUT2D eigenvalue weighted by molar-refractivity contribution is 5.95. The van der Waals surface area contributed by atoms with Crippen LogP contribution in [0.2, 0.25) is 0 Å². The van der Waals surface area contributed by atoms with Crippen molar-refractivity contribution >= 4 is 17.7 Å². The lowest BCUT2D eigenvalue weighted by Gasteiger charge is -2.34. The number of urea groups is 1. The Kier molecular flexibility index (Phi) is 6.51. The van der Waals surface area contributed by atoms with Crippen LogP contribution in [0.4, 0.5) is 10.5 Å². The molecule has 8 nitrogen and oxygen atoms in total. The van der Waals surface area contributed by atoms with Crippen LogP contribution in [0.5, 0.6) is 0 Å². The number of amides is 2. The molecule has 0 radical (unpaired) electrons. The van der Waals surface area contributed by atoms with E-state index >= 15 is 0 Å². The van der Waals surface area contributed by atoms with Crippen LogP contribution in [0.15, 0.2) is 35.5 Å². The van der Waals surface area contributed by atoms with Crippen molar-refractivity contribution < 1.29 is 19.2 Å². The first kappa shape index (κ1) is 20.8. The molecule has 1 N–H and O–H groups in total. The molecule has 1 aliphatic heterocycles. The van der Waals surface area contributed by atoms with E-state index in [2.05, 4.69) is 5.32 Å². The molecule has 0 spiro atoms. The van der Waals surface area contributed by atoms with Crippen LogP contribution in [0.1, 0.15) is 63.5 Å². The standard InChI is InChI=1S/C21H27N3O5/c1-14-18(20(25)29-17-8-6-4-3-5-7-9-17)19(22-21(26)23(14)2)15-10-12-16(13-11-15)24(27)28/h10-13,17,19H,3-9H2,1-2H3,(H,22,26). The lowest BCUT2D eigenvalue weighted by molar-refractivity contribution is -0.384. The van der Waals surface area contributed by atoms with Gasteiger partial charge in [-0.05, 0) is 50.3 Å². The third kappa shape index (κ3) is 4.75. The largest absolute Gasteiger partial charge is 0.459 e. The molecule has 1 aromatic rings. The fourth-order valence-corrected chi connectivity index (χ4v) is 3.89. The van der Waals surface area contributed by atoms with Gasteiger partial charge in [0.05, 0.1) is 16.5 Å². The first-order valence-electron chi connectivity index (χ1n) is 10.1. The second-order valence-electron chi connectivity index (χ2n) is 7.66. The first-order valence-corrected chi connectivity index (χ1v) is 10.1. The van der Waals surface area contributed by atoms with E-state index in [4.69, 9.17) is 4.74 Å². The normalized spacial score (nSPS) is 21.2. The van der Waals surface area contributed by atoms with Gasteiger partial charge in [-0.1, -0.05) is 19.3 Å². The topological polar surface area (TPSA) is 102 Å². The van der Waals surface area contributed by atoms with Crippen LogP contribution in [0.25, 0.3) is 0 Å². The molecular formula is C21H27N3O5. The van der Waals surface area contributed by atoms with Gasteiger partial charge in [-0.15, -0.1) is 0 Å². The number of carbonyl (C=O) groups is 2. The molecule has 29 heavy (non-hydrogen) atoms. The summed E-state index contributed by atoms with van der Waals surface area (Å²) in [6.45, 7) is 1.71. The quantitative estimate of drug-likeness (QED) is 0.462. The number of non-ortho nitro benzene ring substituents is 1. The lowest BCUT2D eigenvalue weighted by Crippen LogP contribution is -2.46. The van der Waals surface area contributed by atoms with Crippen molar-refractivity contribution in [3.63, 3.8) is 0 Å². The molecule has 1 heterocycles. The minimum absolute atomic E-state index is 0.0487. The summed E-state index contributed by atoms with van der Waals surface area (Å²) in [5.74, 6) is -0.441. The van der Waals surface area contributed by atoms with Gasteiger partial charge >= 0.3 is 12.0 Å². The number of ether oxygens (including phenoxy) is 1. The summed E-state index contributed by atoms with van der Waals surface area (Å²) in [4.78, 5) is 37.3. The van der Waals surface area contributed by atoms with E-state index in [-0.39, 0.29) is 17.8 Å². The van der Waals surface area contributed by atoms with E-state index in [1.54, 1.807) is 26.1 Å². The fraction of sp³-hybridized carbons (Fsp3) is 0.524. The van der Waals surface area contributed by atoms with Crippen LogP contribution >= 0.6 is 0 Å². The summed E-state index contributed by atoms with van der Waals surface area (Å²) in [6, 6.07) is 4.81. The van der Waals surface area contributed by atoms with Crippen LogP contribution in [-0.4, -0.2) is 35.0 Å². The smallest absolute Gasteiger partial charge is 0.338 e. The molecule has 8 heteroatoms. The van der Waals surface area contributed by atoms with Gasteiger partial charge in [0.2, 0.25) is 0 Å². The number of esters is 1. The van der Waals surface area contributed by atoms with E-state index in [1.807, 2.05) is 0 Å². The van der Waals surface area contributed by atoms with Gasteiger partial charge in [-0.3, -0.25) is 10.1 Å². The number of nitrogens with zero attached hydrogens (tertiary/aromatic N) is 2. The van der Waals surface area contributed by atoms with Crippen LogP contribution in [-0.2, 0) is 9.53 Å². The van der Waals surface area contributed by atoms with E-state index in [0.29, 0.717) is 16.8 Å². The van der Waals surface area contributed by atoms with Crippen molar-refractivity contribution in [1.29, 1.82) is 0 Å². The number of allylic oxidation sites excluding steroid dienone is 1. The van der Waals surface area contributed by atoms with Crippen molar-refractivity contribution in [3.8, 4) is 0 Å². The summed E-state index contributed by atoms with van der Waals surface area (Å²) in [5, 5.41) is 13.7. The van der Waals surface area contributed by atoms with Gasteiger partial charge in [0.15, 0.2) is 0 Å². The number of nitro groups is 1. The van der Waals surface area contributed by atoms with Crippen LogP contribution in [0.3, 0.4) is 0 Å². The van der Waals surface area contributed by atoms with E-state index < -0.39 is 16.9 Å². The van der Waals surface area contributed by atoms with Gasteiger partial charge in [-0.2, -0.15) is 0 Å². The third-order valence-corrected chi connectivity index (χ3v) is 5.74. The van der Waals surface area contributed by atoms with Gasteiger partial charge in [0.1, 0.15) is 6.10 Å².